The molecule has 3 rings (SSSR count). The van der Waals surface area contributed by atoms with Crippen molar-refractivity contribution in [2.75, 3.05) is 20.0 Å². The summed E-state index contributed by atoms with van der Waals surface area (Å²) in [6, 6.07) is 0. The number of esters is 2. The standard InChI is InChI=1S/C16H16O10/c1-3-21-15(19)9-11-12(24-6-23-11)10(16(20)22-4-2)14-13(9)25-8(26-14)5-7(17)18/h8H,3-6H2,1-2H3,(H,17,18). The van der Waals surface area contributed by atoms with E-state index in [9.17, 15) is 14.4 Å². The molecule has 10 heteroatoms. The van der Waals surface area contributed by atoms with Gasteiger partial charge < -0.3 is 33.5 Å². The van der Waals surface area contributed by atoms with Crippen molar-refractivity contribution in [3.63, 3.8) is 0 Å². The molecule has 1 N–H and O–H groups in total. The van der Waals surface area contributed by atoms with Gasteiger partial charge in [-0.2, -0.15) is 0 Å². The van der Waals surface area contributed by atoms with Crippen LogP contribution in [0.5, 0.6) is 23.0 Å². The van der Waals surface area contributed by atoms with E-state index < -0.39 is 30.6 Å². The molecule has 0 radical (unpaired) electrons. The number of aliphatic carboxylic acids is 1. The maximum atomic E-state index is 12.4. The molecule has 0 atom stereocenters. The minimum absolute atomic E-state index is 0.0372. The van der Waals surface area contributed by atoms with Gasteiger partial charge in [0.2, 0.25) is 6.79 Å². The zero-order valence-corrected chi connectivity index (χ0v) is 14.0. The summed E-state index contributed by atoms with van der Waals surface area (Å²) in [5, 5.41) is 8.95. The third-order valence-corrected chi connectivity index (χ3v) is 3.53. The largest absolute Gasteiger partial charge is 0.481 e. The van der Waals surface area contributed by atoms with Gasteiger partial charge in [0.25, 0.3) is 6.29 Å². The first kappa shape index (κ1) is 17.6. The summed E-state index contributed by atoms with van der Waals surface area (Å²) in [5.74, 6) is -3.09. The van der Waals surface area contributed by atoms with Crippen LogP contribution in [0.1, 0.15) is 41.0 Å². The Kier molecular flexibility index (Phi) is 4.74. The van der Waals surface area contributed by atoms with E-state index in [-0.39, 0.29) is 54.1 Å². The molecule has 0 bridgehead atoms. The summed E-state index contributed by atoms with van der Waals surface area (Å²) in [6.07, 6.45) is -1.74. The van der Waals surface area contributed by atoms with Crippen LogP contribution in [0.25, 0.3) is 0 Å². The number of hydrogen-bond donors (Lipinski definition) is 1. The van der Waals surface area contributed by atoms with Crippen molar-refractivity contribution in [1.82, 2.24) is 0 Å². The molecular weight excluding hydrogens is 352 g/mol. The van der Waals surface area contributed by atoms with Crippen LogP contribution in [0.3, 0.4) is 0 Å². The van der Waals surface area contributed by atoms with Crippen molar-refractivity contribution in [1.29, 1.82) is 0 Å². The van der Waals surface area contributed by atoms with Crippen molar-refractivity contribution < 1.29 is 47.9 Å². The molecule has 1 aromatic rings. The number of carboxylic acids is 1. The molecule has 0 saturated carbocycles. The molecule has 0 unspecified atom stereocenters. The Morgan fingerprint density at radius 2 is 1.38 bits per heavy atom. The van der Waals surface area contributed by atoms with Crippen LogP contribution in [0.2, 0.25) is 0 Å². The summed E-state index contributed by atoms with van der Waals surface area (Å²) in [4.78, 5) is 35.7. The Labute approximate surface area is 147 Å². The van der Waals surface area contributed by atoms with E-state index in [0.29, 0.717) is 0 Å². The van der Waals surface area contributed by atoms with E-state index in [1.807, 2.05) is 0 Å². The molecule has 1 aromatic carbocycles. The lowest BCUT2D eigenvalue weighted by atomic mass is 10.1. The van der Waals surface area contributed by atoms with Crippen molar-refractivity contribution in [2.45, 2.75) is 26.6 Å². The third-order valence-electron chi connectivity index (χ3n) is 3.53. The highest BCUT2D eigenvalue weighted by Crippen LogP contribution is 2.54. The summed E-state index contributed by atoms with van der Waals surface area (Å²) < 4.78 is 31.6. The molecule has 0 fully saturated rings. The molecule has 140 valence electrons. The molecule has 10 nitrogen and oxygen atoms in total. The van der Waals surface area contributed by atoms with Crippen LogP contribution < -0.4 is 18.9 Å². The predicted octanol–water partition coefficient (Wildman–Crippen LogP) is 1.34. The predicted molar refractivity (Wildman–Crippen MR) is 81.8 cm³/mol. The minimum Gasteiger partial charge on any atom is -0.481 e. The van der Waals surface area contributed by atoms with Crippen LogP contribution in [0.15, 0.2) is 0 Å². The fraction of sp³-hybridized carbons (Fsp3) is 0.438. The monoisotopic (exact) mass is 368 g/mol. The third kappa shape index (κ3) is 2.93. The first-order valence-corrected chi connectivity index (χ1v) is 7.86. The lowest BCUT2D eigenvalue weighted by Crippen LogP contribution is -2.22. The number of carbonyl (C=O) groups excluding carboxylic acids is 2. The Balaban J connectivity index is 2.16. The Bertz CT molecular complexity index is 714. The molecule has 26 heavy (non-hydrogen) atoms. The van der Waals surface area contributed by atoms with Crippen molar-refractivity contribution in [2.24, 2.45) is 0 Å². The van der Waals surface area contributed by atoms with Gasteiger partial charge in [0.15, 0.2) is 34.1 Å². The van der Waals surface area contributed by atoms with Gasteiger partial charge in [-0.05, 0) is 13.8 Å². The topological polar surface area (TPSA) is 127 Å². The lowest BCUT2D eigenvalue weighted by molar-refractivity contribution is -0.141. The van der Waals surface area contributed by atoms with E-state index in [1.54, 1.807) is 13.8 Å². The number of benzene rings is 1. The average Bonchev–Trinajstić information content (AvgIpc) is 3.18. The number of rotatable bonds is 6. The second-order valence-corrected chi connectivity index (χ2v) is 5.18. The molecule has 0 aliphatic carbocycles. The van der Waals surface area contributed by atoms with Gasteiger partial charge >= 0.3 is 17.9 Å². The van der Waals surface area contributed by atoms with E-state index in [0.717, 1.165) is 0 Å². The lowest BCUT2D eigenvalue weighted by Gasteiger charge is -2.12. The fourth-order valence-electron chi connectivity index (χ4n) is 2.60. The molecule has 2 aliphatic heterocycles. The minimum atomic E-state index is -1.23. The summed E-state index contributed by atoms with van der Waals surface area (Å²) in [6.45, 7) is 3.18. The van der Waals surface area contributed by atoms with Crippen molar-refractivity contribution >= 4 is 17.9 Å². The highest BCUT2D eigenvalue weighted by Gasteiger charge is 2.43. The van der Waals surface area contributed by atoms with Crippen LogP contribution in [-0.4, -0.2) is 49.3 Å². The summed E-state index contributed by atoms with van der Waals surface area (Å²) >= 11 is 0. The molecule has 0 saturated heterocycles. The highest BCUT2D eigenvalue weighted by atomic mass is 16.7. The first-order valence-electron chi connectivity index (χ1n) is 7.86. The molecular formula is C16H16O10. The van der Waals surface area contributed by atoms with E-state index in [1.165, 1.54) is 0 Å². The molecule has 0 spiro atoms. The Morgan fingerprint density at radius 1 is 0.923 bits per heavy atom. The fourth-order valence-corrected chi connectivity index (χ4v) is 2.60. The van der Waals surface area contributed by atoms with Gasteiger partial charge in [0, 0.05) is 0 Å². The van der Waals surface area contributed by atoms with Gasteiger partial charge in [-0.15, -0.1) is 0 Å². The van der Waals surface area contributed by atoms with E-state index in [4.69, 9.17) is 33.5 Å². The van der Waals surface area contributed by atoms with E-state index in [2.05, 4.69) is 0 Å². The smallest absolute Gasteiger partial charge is 0.346 e. The van der Waals surface area contributed by atoms with Gasteiger partial charge in [-0.1, -0.05) is 0 Å². The van der Waals surface area contributed by atoms with Gasteiger partial charge in [0.05, 0.1) is 13.2 Å². The zero-order chi connectivity index (χ0) is 18.8. The zero-order valence-electron chi connectivity index (χ0n) is 14.0. The second kappa shape index (κ2) is 6.98. The first-order chi connectivity index (χ1) is 12.5. The number of ether oxygens (including phenoxy) is 6. The highest BCUT2D eigenvalue weighted by molar-refractivity contribution is 6.05. The van der Waals surface area contributed by atoms with Crippen LogP contribution >= 0.6 is 0 Å². The Hall–Kier alpha value is -3.17. The Morgan fingerprint density at radius 3 is 1.77 bits per heavy atom. The number of carboxylic acid groups (broad SMARTS) is 1. The molecule has 0 aromatic heterocycles. The average molecular weight is 368 g/mol. The second-order valence-electron chi connectivity index (χ2n) is 5.18. The summed E-state index contributed by atoms with van der Waals surface area (Å²) in [7, 11) is 0. The summed E-state index contributed by atoms with van der Waals surface area (Å²) in [5.41, 5.74) is -0.259. The van der Waals surface area contributed by atoms with E-state index >= 15 is 0 Å². The van der Waals surface area contributed by atoms with Gasteiger partial charge in [-0.25, -0.2) is 9.59 Å². The van der Waals surface area contributed by atoms with Crippen LogP contribution in [-0.2, 0) is 14.3 Å². The number of fused-ring (bicyclic) bond motifs is 2. The van der Waals surface area contributed by atoms with Crippen molar-refractivity contribution in [3.05, 3.63) is 11.1 Å². The normalized spacial score (nSPS) is 14.2. The molecule has 2 heterocycles. The molecule has 2 aliphatic rings. The van der Waals surface area contributed by atoms with Crippen LogP contribution in [0, 0.1) is 0 Å². The van der Waals surface area contributed by atoms with Crippen LogP contribution in [0.4, 0.5) is 0 Å². The van der Waals surface area contributed by atoms with Gasteiger partial charge in [-0.3, -0.25) is 4.79 Å². The SMILES string of the molecule is CCOC(=O)c1c2c(c(C(=O)OCC)c3c1OC(CC(=O)O)O3)OCO2. The molecule has 0 amide bonds. The maximum Gasteiger partial charge on any atom is 0.346 e. The van der Waals surface area contributed by atoms with Crippen molar-refractivity contribution in [3.8, 4) is 23.0 Å². The number of carbonyl (C=O) groups is 3. The quantitative estimate of drug-likeness (QED) is 0.735. The maximum absolute atomic E-state index is 12.4. The van der Waals surface area contributed by atoms with Gasteiger partial charge in [0.1, 0.15) is 6.42 Å². The number of hydrogen-bond acceptors (Lipinski definition) is 9.